The first kappa shape index (κ1) is 13.0. The van der Waals surface area contributed by atoms with Crippen molar-refractivity contribution in [3.8, 4) is 0 Å². The van der Waals surface area contributed by atoms with Crippen LogP contribution in [0.25, 0.3) is 0 Å². The highest BCUT2D eigenvalue weighted by Crippen LogP contribution is 2.38. The third-order valence-electron chi connectivity index (χ3n) is 4.07. The van der Waals surface area contributed by atoms with Crippen molar-refractivity contribution < 1.29 is 4.79 Å². The highest BCUT2D eigenvalue weighted by Gasteiger charge is 2.31. The van der Waals surface area contributed by atoms with Gasteiger partial charge < -0.3 is 10.6 Å². The van der Waals surface area contributed by atoms with Crippen molar-refractivity contribution in [2.45, 2.75) is 30.6 Å². The Morgan fingerprint density at radius 1 is 1.26 bits per heavy atom. The van der Waals surface area contributed by atoms with Gasteiger partial charge in [-0.2, -0.15) is 0 Å². The molecule has 1 saturated heterocycles. The molecule has 4 heteroatoms. The lowest BCUT2D eigenvalue weighted by molar-refractivity contribution is -0.131. The molecule has 1 atom stereocenters. The smallest absolute Gasteiger partial charge is 0.240 e. The zero-order valence-electron chi connectivity index (χ0n) is 11.0. The normalized spacial score (nSPS) is 24.1. The molecule has 1 aromatic carbocycles. The maximum absolute atomic E-state index is 12.7. The molecule has 2 aliphatic heterocycles. The molecule has 2 N–H and O–H groups in total. The molecule has 102 valence electrons. The largest absolute Gasteiger partial charge is 0.341 e. The second-order valence-electron chi connectivity index (χ2n) is 5.36. The van der Waals surface area contributed by atoms with Gasteiger partial charge in [0.2, 0.25) is 5.91 Å². The number of hydrogen-bond acceptors (Lipinski definition) is 3. The van der Waals surface area contributed by atoms with Crippen LogP contribution in [0.4, 0.5) is 0 Å². The predicted octanol–water partition coefficient (Wildman–Crippen LogP) is 1.97. The summed E-state index contributed by atoms with van der Waals surface area (Å²) in [5, 5.41) is -0.000672. The molecule has 19 heavy (non-hydrogen) atoms. The van der Waals surface area contributed by atoms with Gasteiger partial charge in [-0.15, -0.1) is 11.8 Å². The van der Waals surface area contributed by atoms with E-state index < -0.39 is 0 Å². The van der Waals surface area contributed by atoms with Gasteiger partial charge in [0.1, 0.15) is 5.25 Å². The number of hydrogen-bond donors (Lipinski definition) is 1. The Morgan fingerprint density at radius 3 is 2.79 bits per heavy atom. The minimum absolute atomic E-state index is 0.000672. The number of aryl methyl sites for hydroxylation is 1. The number of carbonyl (C=O) groups is 1. The summed E-state index contributed by atoms with van der Waals surface area (Å²) in [6.45, 7) is 1.64. The fraction of sp³-hybridized carbons (Fsp3) is 0.533. The Hall–Kier alpha value is -1.00. The Bertz CT molecular complexity index is 469. The van der Waals surface area contributed by atoms with Crippen LogP contribution < -0.4 is 5.73 Å². The number of rotatable bonds is 1. The third-order valence-corrected chi connectivity index (χ3v) is 5.30. The molecule has 0 spiro atoms. The Kier molecular flexibility index (Phi) is 3.80. The summed E-state index contributed by atoms with van der Waals surface area (Å²) in [7, 11) is 0. The van der Waals surface area contributed by atoms with Crippen LogP contribution >= 0.6 is 11.8 Å². The van der Waals surface area contributed by atoms with Gasteiger partial charge in [0.25, 0.3) is 0 Å². The Morgan fingerprint density at radius 2 is 2.00 bits per heavy atom. The first-order valence-electron chi connectivity index (χ1n) is 6.99. The molecule has 0 saturated carbocycles. The van der Waals surface area contributed by atoms with Crippen LogP contribution in [0.15, 0.2) is 24.3 Å². The van der Waals surface area contributed by atoms with E-state index in [0.29, 0.717) is 0 Å². The molecular formula is C15H20N2OS. The molecule has 0 aliphatic carbocycles. The lowest BCUT2D eigenvalue weighted by Crippen LogP contribution is -2.44. The molecular weight excluding hydrogens is 256 g/mol. The SMILES string of the molecule is NC1CCN(C(=O)C2SCCc3ccccc32)CC1. The number of piperidine rings is 1. The second kappa shape index (κ2) is 5.55. The standard InChI is InChI=1S/C15H20N2OS/c16-12-5-8-17(9-6-12)15(18)14-13-4-2-1-3-11(13)7-10-19-14/h1-4,12,14H,5-10,16H2. The lowest BCUT2D eigenvalue weighted by atomic mass is 9.99. The van der Waals surface area contributed by atoms with Crippen LogP contribution in [0.5, 0.6) is 0 Å². The fourth-order valence-electron chi connectivity index (χ4n) is 2.88. The highest BCUT2D eigenvalue weighted by atomic mass is 32.2. The van der Waals surface area contributed by atoms with Gasteiger partial charge in [-0.25, -0.2) is 0 Å². The van der Waals surface area contributed by atoms with E-state index in [9.17, 15) is 4.79 Å². The van der Waals surface area contributed by atoms with E-state index in [1.54, 1.807) is 11.8 Å². The molecule has 0 radical (unpaired) electrons. The summed E-state index contributed by atoms with van der Waals surface area (Å²) in [4.78, 5) is 14.7. The summed E-state index contributed by atoms with van der Waals surface area (Å²) in [5.41, 5.74) is 8.47. The molecule has 3 rings (SSSR count). The van der Waals surface area contributed by atoms with E-state index in [1.165, 1.54) is 11.1 Å². The van der Waals surface area contributed by atoms with E-state index >= 15 is 0 Å². The predicted molar refractivity (Wildman–Crippen MR) is 79.1 cm³/mol. The average molecular weight is 276 g/mol. The van der Waals surface area contributed by atoms with Crippen molar-refractivity contribution in [3.05, 3.63) is 35.4 Å². The Labute approximate surface area is 118 Å². The van der Waals surface area contributed by atoms with E-state index in [0.717, 1.165) is 38.1 Å². The van der Waals surface area contributed by atoms with Crippen LogP contribution in [0, 0.1) is 0 Å². The average Bonchev–Trinajstić information content (AvgIpc) is 2.47. The van der Waals surface area contributed by atoms with Gasteiger partial charge >= 0.3 is 0 Å². The number of nitrogens with zero attached hydrogens (tertiary/aromatic N) is 1. The quantitative estimate of drug-likeness (QED) is 0.853. The first-order valence-corrected chi connectivity index (χ1v) is 8.04. The molecule has 1 unspecified atom stereocenters. The van der Waals surface area contributed by atoms with E-state index in [2.05, 4.69) is 18.2 Å². The number of fused-ring (bicyclic) bond motifs is 1. The number of amides is 1. The maximum atomic E-state index is 12.7. The van der Waals surface area contributed by atoms with Crippen molar-refractivity contribution in [3.63, 3.8) is 0 Å². The topological polar surface area (TPSA) is 46.3 Å². The number of likely N-dealkylation sites (tertiary alicyclic amines) is 1. The molecule has 0 aromatic heterocycles. The fourth-order valence-corrected chi connectivity index (χ4v) is 4.16. The van der Waals surface area contributed by atoms with Gasteiger partial charge in [0.05, 0.1) is 0 Å². The van der Waals surface area contributed by atoms with E-state index in [-0.39, 0.29) is 17.2 Å². The van der Waals surface area contributed by atoms with Crippen LogP contribution in [-0.2, 0) is 11.2 Å². The molecule has 1 amide bonds. The highest BCUT2D eigenvalue weighted by molar-refractivity contribution is 8.00. The molecule has 3 nitrogen and oxygen atoms in total. The van der Waals surface area contributed by atoms with E-state index in [1.807, 2.05) is 11.0 Å². The Balaban J connectivity index is 1.78. The van der Waals surface area contributed by atoms with Crippen molar-refractivity contribution in [1.82, 2.24) is 4.90 Å². The minimum atomic E-state index is -0.000672. The molecule has 1 fully saturated rings. The summed E-state index contributed by atoms with van der Waals surface area (Å²) in [6, 6.07) is 8.64. The summed E-state index contributed by atoms with van der Waals surface area (Å²) < 4.78 is 0. The third kappa shape index (κ3) is 2.65. The summed E-state index contributed by atoms with van der Waals surface area (Å²) >= 11 is 1.79. The zero-order chi connectivity index (χ0) is 13.2. The number of thioether (sulfide) groups is 1. The maximum Gasteiger partial charge on any atom is 0.240 e. The minimum Gasteiger partial charge on any atom is -0.341 e. The number of carbonyl (C=O) groups excluding carboxylic acids is 1. The van der Waals surface area contributed by atoms with Gasteiger partial charge in [0.15, 0.2) is 0 Å². The number of benzene rings is 1. The van der Waals surface area contributed by atoms with Crippen LogP contribution in [-0.4, -0.2) is 35.7 Å². The van der Waals surface area contributed by atoms with Crippen molar-refractivity contribution >= 4 is 17.7 Å². The van der Waals surface area contributed by atoms with Crippen molar-refractivity contribution in [2.75, 3.05) is 18.8 Å². The van der Waals surface area contributed by atoms with Gasteiger partial charge in [-0.3, -0.25) is 4.79 Å². The van der Waals surface area contributed by atoms with E-state index in [4.69, 9.17) is 5.73 Å². The van der Waals surface area contributed by atoms with Crippen molar-refractivity contribution in [2.24, 2.45) is 5.73 Å². The molecule has 1 aromatic rings. The first-order chi connectivity index (χ1) is 9.25. The lowest BCUT2D eigenvalue weighted by Gasteiger charge is -2.34. The summed E-state index contributed by atoms with van der Waals surface area (Å²) in [5.74, 6) is 1.32. The van der Waals surface area contributed by atoms with Gasteiger partial charge in [0, 0.05) is 19.1 Å². The zero-order valence-corrected chi connectivity index (χ0v) is 11.9. The monoisotopic (exact) mass is 276 g/mol. The van der Waals surface area contributed by atoms with Crippen molar-refractivity contribution in [1.29, 1.82) is 0 Å². The van der Waals surface area contributed by atoms with Crippen LogP contribution in [0.2, 0.25) is 0 Å². The molecule has 2 heterocycles. The molecule has 2 aliphatic rings. The second-order valence-corrected chi connectivity index (χ2v) is 6.58. The summed E-state index contributed by atoms with van der Waals surface area (Å²) in [6.07, 6.45) is 2.95. The van der Waals surface area contributed by atoms with Crippen LogP contribution in [0.1, 0.15) is 29.2 Å². The molecule has 0 bridgehead atoms. The van der Waals surface area contributed by atoms with Gasteiger partial charge in [-0.05, 0) is 36.1 Å². The van der Waals surface area contributed by atoms with Crippen LogP contribution in [0.3, 0.4) is 0 Å². The number of nitrogens with two attached hydrogens (primary N) is 1. The van der Waals surface area contributed by atoms with Gasteiger partial charge in [-0.1, -0.05) is 24.3 Å².